The van der Waals surface area contributed by atoms with E-state index in [4.69, 9.17) is 22.5 Å². The van der Waals surface area contributed by atoms with Crippen molar-refractivity contribution < 1.29 is 10.0 Å². The molecule has 3 N–H and O–H groups in total. The molecule has 6 nitrogen and oxygen atoms in total. The Kier molecular flexibility index (Phi) is 4.71. The molecule has 0 atom stereocenters. The number of rotatable bonds is 4. The van der Waals surface area contributed by atoms with E-state index >= 15 is 0 Å². The van der Waals surface area contributed by atoms with Crippen LogP contribution in [0.1, 0.15) is 17.4 Å². The molecular formula is C10H13ClN4O2. The Balaban J connectivity index is 2.82. The van der Waals surface area contributed by atoms with Gasteiger partial charge in [0.2, 0.25) is 0 Å². The topological polar surface area (TPSA) is 91.8 Å². The summed E-state index contributed by atoms with van der Waals surface area (Å²) in [7, 11) is 0. The van der Waals surface area contributed by atoms with Gasteiger partial charge in [-0.1, -0.05) is 16.8 Å². The average Bonchev–Trinajstić information content (AvgIpc) is 2.35. The number of hydrogen-bond donors (Lipinski definition) is 2. The molecule has 17 heavy (non-hydrogen) atoms. The first-order chi connectivity index (χ1) is 8.08. The number of amides is 1. The molecule has 0 aromatic carbocycles. The summed E-state index contributed by atoms with van der Waals surface area (Å²) < 4.78 is 0. The quantitative estimate of drug-likeness (QED) is 0.363. The second kappa shape index (κ2) is 6.05. The van der Waals surface area contributed by atoms with Crippen LogP contribution in [0.25, 0.3) is 0 Å². The van der Waals surface area contributed by atoms with Crippen molar-refractivity contribution in [2.24, 2.45) is 10.9 Å². The van der Waals surface area contributed by atoms with Crippen LogP contribution in [0, 0.1) is 0 Å². The van der Waals surface area contributed by atoms with Crippen molar-refractivity contribution in [1.29, 1.82) is 0 Å². The summed E-state index contributed by atoms with van der Waals surface area (Å²) in [5.74, 6) is -0.329. The van der Waals surface area contributed by atoms with E-state index in [1.54, 1.807) is 13.0 Å². The SMILES string of the molecule is CCN(CC(N)=NO)C(=O)c1ccc(Cl)cn1. The van der Waals surface area contributed by atoms with E-state index in [0.29, 0.717) is 11.6 Å². The molecule has 1 heterocycles. The molecule has 0 spiro atoms. The number of nitrogens with two attached hydrogens (primary N) is 1. The first-order valence-electron chi connectivity index (χ1n) is 4.95. The third-order valence-electron chi connectivity index (χ3n) is 2.10. The maximum Gasteiger partial charge on any atom is 0.272 e. The lowest BCUT2D eigenvalue weighted by Crippen LogP contribution is -2.38. The zero-order chi connectivity index (χ0) is 12.8. The van der Waals surface area contributed by atoms with Crippen molar-refractivity contribution in [2.75, 3.05) is 13.1 Å². The molecule has 0 aliphatic heterocycles. The van der Waals surface area contributed by atoms with Crippen molar-refractivity contribution in [1.82, 2.24) is 9.88 Å². The molecule has 0 aliphatic rings. The van der Waals surface area contributed by atoms with Crippen LogP contribution in [0.15, 0.2) is 23.5 Å². The summed E-state index contributed by atoms with van der Waals surface area (Å²) in [6.45, 7) is 2.27. The van der Waals surface area contributed by atoms with Crippen molar-refractivity contribution in [3.05, 3.63) is 29.0 Å². The smallest absolute Gasteiger partial charge is 0.272 e. The van der Waals surface area contributed by atoms with Crippen LogP contribution in [0.2, 0.25) is 5.02 Å². The minimum absolute atomic E-state index is 0.0332. The number of pyridine rings is 1. The van der Waals surface area contributed by atoms with E-state index < -0.39 is 0 Å². The predicted octanol–water partition coefficient (Wildman–Crippen LogP) is 0.943. The normalized spacial score (nSPS) is 11.3. The molecule has 0 unspecified atom stereocenters. The van der Waals surface area contributed by atoms with Gasteiger partial charge in [-0.05, 0) is 19.1 Å². The molecule has 0 radical (unpaired) electrons. The van der Waals surface area contributed by atoms with Crippen LogP contribution >= 0.6 is 11.6 Å². The summed E-state index contributed by atoms with van der Waals surface area (Å²) in [6.07, 6.45) is 1.39. The van der Waals surface area contributed by atoms with E-state index in [0.717, 1.165) is 0 Å². The molecule has 1 aromatic heterocycles. The minimum atomic E-state index is -0.296. The van der Waals surface area contributed by atoms with Crippen LogP contribution in [-0.4, -0.2) is 39.9 Å². The molecule has 7 heteroatoms. The number of likely N-dealkylation sites (N-methyl/N-ethyl adjacent to an activating group) is 1. The Morgan fingerprint density at radius 2 is 2.35 bits per heavy atom. The van der Waals surface area contributed by atoms with Crippen LogP contribution in [0.4, 0.5) is 0 Å². The Bertz CT molecular complexity index is 419. The zero-order valence-electron chi connectivity index (χ0n) is 9.30. The van der Waals surface area contributed by atoms with Gasteiger partial charge in [0, 0.05) is 12.7 Å². The van der Waals surface area contributed by atoms with Gasteiger partial charge in [0.25, 0.3) is 5.91 Å². The van der Waals surface area contributed by atoms with E-state index in [-0.39, 0.29) is 24.0 Å². The van der Waals surface area contributed by atoms with E-state index in [1.165, 1.54) is 17.2 Å². The fourth-order valence-electron chi connectivity index (χ4n) is 1.22. The zero-order valence-corrected chi connectivity index (χ0v) is 10.1. The molecule has 92 valence electrons. The van der Waals surface area contributed by atoms with Crippen molar-refractivity contribution in [2.45, 2.75) is 6.92 Å². The lowest BCUT2D eigenvalue weighted by molar-refractivity contribution is 0.0780. The Hall–Kier alpha value is -1.82. The van der Waals surface area contributed by atoms with Gasteiger partial charge in [0.1, 0.15) is 5.69 Å². The highest BCUT2D eigenvalue weighted by atomic mass is 35.5. The van der Waals surface area contributed by atoms with Crippen LogP contribution in [0.5, 0.6) is 0 Å². The first kappa shape index (κ1) is 13.2. The Morgan fingerprint density at radius 1 is 1.65 bits per heavy atom. The molecule has 0 fully saturated rings. The lowest BCUT2D eigenvalue weighted by Gasteiger charge is -2.19. The first-order valence-corrected chi connectivity index (χ1v) is 5.33. The fraction of sp³-hybridized carbons (Fsp3) is 0.300. The molecule has 1 amide bonds. The van der Waals surface area contributed by atoms with E-state index in [9.17, 15) is 4.79 Å². The van der Waals surface area contributed by atoms with Gasteiger partial charge in [-0.15, -0.1) is 0 Å². The number of amidine groups is 1. The number of aromatic nitrogens is 1. The van der Waals surface area contributed by atoms with Crippen molar-refractivity contribution in [3.8, 4) is 0 Å². The van der Waals surface area contributed by atoms with E-state index in [1.807, 2.05) is 0 Å². The Labute approximate surface area is 104 Å². The fourth-order valence-corrected chi connectivity index (χ4v) is 1.33. The highest BCUT2D eigenvalue weighted by molar-refractivity contribution is 6.30. The van der Waals surface area contributed by atoms with Gasteiger partial charge in [-0.2, -0.15) is 0 Å². The summed E-state index contributed by atoms with van der Waals surface area (Å²) in [6, 6.07) is 3.11. The molecular weight excluding hydrogens is 244 g/mol. The lowest BCUT2D eigenvalue weighted by atomic mass is 10.3. The summed E-state index contributed by atoms with van der Waals surface area (Å²) >= 11 is 5.68. The van der Waals surface area contributed by atoms with Gasteiger partial charge in [0.15, 0.2) is 5.84 Å². The molecule has 0 bridgehead atoms. The Morgan fingerprint density at radius 3 is 2.82 bits per heavy atom. The van der Waals surface area contributed by atoms with Crippen LogP contribution in [0.3, 0.4) is 0 Å². The van der Waals surface area contributed by atoms with Crippen molar-refractivity contribution in [3.63, 3.8) is 0 Å². The summed E-state index contributed by atoms with van der Waals surface area (Å²) in [4.78, 5) is 17.3. The number of nitrogens with zero attached hydrogens (tertiary/aromatic N) is 3. The monoisotopic (exact) mass is 256 g/mol. The second-order valence-corrected chi connectivity index (χ2v) is 3.71. The summed E-state index contributed by atoms with van der Waals surface area (Å²) in [5.41, 5.74) is 5.62. The van der Waals surface area contributed by atoms with Crippen molar-refractivity contribution >= 4 is 23.3 Å². The number of halogens is 1. The maximum absolute atomic E-state index is 12.0. The largest absolute Gasteiger partial charge is 0.409 e. The number of oxime groups is 1. The molecule has 1 rings (SSSR count). The second-order valence-electron chi connectivity index (χ2n) is 3.27. The van der Waals surface area contributed by atoms with Gasteiger partial charge >= 0.3 is 0 Å². The van der Waals surface area contributed by atoms with Gasteiger partial charge < -0.3 is 15.8 Å². The van der Waals surface area contributed by atoms with Crippen LogP contribution in [-0.2, 0) is 0 Å². The van der Waals surface area contributed by atoms with Gasteiger partial charge in [-0.3, -0.25) is 4.79 Å². The number of carbonyl (C=O) groups excluding carboxylic acids is 1. The number of carbonyl (C=O) groups is 1. The summed E-state index contributed by atoms with van der Waals surface area (Å²) in [5, 5.41) is 11.7. The molecule has 1 aromatic rings. The van der Waals surface area contributed by atoms with Crippen LogP contribution < -0.4 is 5.73 Å². The highest BCUT2D eigenvalue weighted by Gasteiger charge is 2.16. The standard InChI is InChI=1S/C10H13ClN4O2/c1-2-15(6-9(12)14-17)10(16)8-4-3-7(11)5-13-8/h3-5,17H,2,6H2,1H3,(H2,12,14). The molecule has 0 aliphatic carbocycles. The highest BCUT2D eigenvalue weighted by Crippen LogP contribution is 2.08. The third kappa shape index (κ3) is 3.60. The average molecular weight is 257 g/mol. The van der Waals surface area contributed by atoms with Gasteiger partial charge in [-0.25, -0.2) is 4.98 Å². The van der Waals surface area contributed by atoms with Gasteiger partial charge in [0.05, 0.1) is 11.6 Å². The maximum atomic E-state index is 12.0. The number of hydrogen-bond acceptors (Lipinski definition) is 4. The molecule has 0 saturated carbocycles. The molecule has 0 saturated heterocycles. The third-order valence-corrected chi connectivity index (χ3v) is 2.32. The van der Waals surface area contributed by atoms with E-state index in [2.05, 4.69) is 10.1 Å². The minimum Gasteiger partial charge on any atom is -0.409 e. The predicted molar refractivity (Wildman–Crippen MR) is 64.2 cm³/mol.